The molecule has 0 atom stereocenters. The van der Waals surface area contributed by atoms with Crippen molar-refractivity contribution in [3.8, 4) is 0 Å². The van der Waals surface area contributed by atoms with Crippen LogP contribution < -0.4 is 0 Å². The Bertz CT molecular complexity index is 252. The molecule has 0 bridgehead atoms. The third-order valence-corrected chi connectivity index (χ3v) is 3.38. The number of ether oxygens (including phenoxy) is 1. The monoisotopic (exact) mass is 310 g/mol. The average Bonchev–Trinajstić information content (AvgIpc) is 2.42. The normalized spacial score (nSPS) is 11.6. The molecular weight excluding hydrogens is 281 g/mol. The van der Waals surface area contributed by atoms with Gasteiger partial charge in [0.15, 0.2) is 6.61 Å². The molecule has 0 spiro atoms. The Morgan fingerprint density at radius 1 is 0.810 bits per heavy atom. The smallest absolute Gasteiger partial charge is 0.422 e. The topological polar surface area (TPSA) is 26.3 Å². The molecule has 21 heavy (non-hydrogen) atoms. The summed E-state index contributed by atoms with van der Waals surface area (Å²) >= 11 is 0. The second-order valence-electron chi connectivity index (χ2n) is 5.56. The zero-order chi connectivity index (χ0) is 16.0. The van der Waals surface area contributed by atoms with Gasteiger partial charge in [0.25, 0.3) is 0 Å². The summed E-state index contributed by atoms with van der Waals surface area (Å²) in [5.74, 6) is -0.747. The zero-order valence-corrected chi connectivity index (χ0v) is 13.1. The number of carbonyl (C=O) groups is 1. The summed E-state index contributed by atoms with van der Waals surface area (Å²) in [6, 6.07) is 0. The van der Waals surface area contributed by atoms with Crippen LogP contribution in [0.3, 0.4) is 0 Å². The zero-order valence-electron chi connectivity index (χ0n) is 13.1. The molecule has 0 fully saturated rings. The third kappa shape index (κ3) is 17.2. The number of hydrogen-bond donors (Lipinski definition) is 0. The van der Waals surface area contributed by atoms with Crippen LogP contribution in [0.2, 0.25) is 0 Å². The van der Waals surface area contributed by atoms with Crippen molar-refractivity contribution < 1.29 is 22.7 Å². The maximum atomic E-state index is 11.8. The van der Waals surface area contributed by atoms with E-state index in [4.69, 9.17) is 0 Å². The fourth-order valence-corrected chi connectivity index (χ4v) is 2.17. The Balaban J connectivity index is 3.20. The fourth-order valence-electron chi connectivity index (χ4n) is 2.17. The van der Waals surface area contributed by atoms with Gasteiger partial charge in [0.05, 0.1) is 0 Å². The van der Waals surface area contributed by atoms with Crippen molar-refractivity contribution in [2.75, 3.05) is 6.61 Å². The number of carbonyl (C=O) groups excluding carboxylic acids is 1. The molecule has 0 aliphatic heterocycles. The van der Waals surface area contributed by atoms with E-state index >= 15 is 0 Å². The lowest BCUT2D eigenvalue weighted by Crippen LogP contribution is -2.20. The van der Waals surface area contributed by atoms with Crippen LogP contribution in [0.25, 0.3) is 0 Å². The molecular formula is C16H29F3O2. The molecule has 2 nitrogen and oxygen atoms in total. The van der Waals surface area contributed by atoms with E-state index in [2.05, 4.69) is 11.7 Å². The van der Waals surface area contributed by atoms with Crippen molar-refractivity contribution in [3.05, 3.63) is 0 Å². The number of unbranched alkanes of at least 4 members (excludes halogenated alkanes) is 10. The summed E-state index contributed by atoms with van der Waals surface area (Å²) in [7, 11) is 0. The van der Waals surface area contributed by atoms with Crippen LogP contribution in [-0.4, -0.2) is 18.8 Å². The minimum Gasteiger partial charge on any atom is -0.456 e. The van der Waals surface area contributed by atoms with Gasteiger partial charge in [-0.3, -0.25) is 4.79 Å². The van der Waals surface area contributed by atoms with E-state index in [1.165, 1.54) is 44.9 Å². The molecule has 5 heteroatoms. The molecule has 0 unspecified atom stereocenters. The van der Waals surface area contributed by atoms with E-state index in [9.17, 15) is 18.0 Å². The highest BCUT2D eigenvalue weighted by Gasteiger charge is 2.29. The molecule has 0 aromatic rings. The molecule has 0 heterocycles. The molecule has 0 N–H and O–H groups in total. The fraction of sp³-hybridized carbons (Fsp3) is 0.938. The quantitative estimate of drug-likeness (QED) is 0.318. The first-order valence-electron chi connectivity index (χ1n) is 8.18. The van der Waals surface area contributed by atoms with E-state index in [1.807, 2.05) is 0 Å². The minimum absolute atomic E-state index is 0.0904. The van der Waals surface area contributed by atoms with E-state index in [0.29, 0.717) is 6.42 Å². The Morgan fingerprint density at radius 2 is 1.24 bits per heavy atom. The highest BCUT2D eigenvalue weighted by Crippen LogP contribution is 2.15. The SMILES string of the molecule is CCCCCCCCCCCCCC(=O)OCC(F)(F)F. The molecule has 126 valence electrons. The molecule has 0 amide bonds. The molecule has 0 saturated heterocycles. The van der Waals surface area contributed by atoms with Crippen molar-refractivity contribution in [3.63, 3.8) is 0 Å². The summed E-state index contributed by atoms with van der Waals surface area (Å²) in [5.41, 5.74) is 0. The summed E-state index contributed by atoms with van der Waals surface area (Å²) in [6.07, 6.45) is 8.37. The van der Waals surface area contributed by atoms with Gasteiger partial charge in [0, 0.05) is 6.42 Å². The van der Waals surface area contributed by atoms with Gasteiger partial charge in [0.2, 0.25) is 0 Å². The second kappa shape index (κ2) is 13.0. The Hall–Kier alpha value is -0.740. The van der Waals surface area contributed by atoms with Gasteiger partial charge >= 0.3 is 12.1 Å². The summed E-state index contributed by atoms with van der Waals surface area (Å²) in [4.78, 5) is 11.0. The van der Waals surface area contributed by atoms with Crippen molar-refractivity contribution in [1.82, 2.24) is 0 Å². The standard InChI is InChI=1S/C16H29F3O2/c1-2-3-4-5-6-7-8-9-10-11-12-13-15(20)21-14-16(17,18)19/h2-14H2,1H3. The first-order chi connectivity index (χ1) is 9.95. The van der Waals surface area contributed by atoms with Gasteiger partial charge in [0.1, 0.15) is 0 Å². The van der Waals surface area contributed by atoms with Gasteiger partial charge < -0.3 is 4.74 Å². The Labute approximate surface area is 126 Å². The Kier molecular flexibility index (Phi) is 12.5. The van der Waals surface area contributed by atoms with Crippen molar-refractivity contribution in [2.24, 2.45) is 0 Å². The molecule has 0 rings (SSSR count). The van der Waals surface area contributed by atoms with Crippen LogP contribution in [-0.2, 0) is 9.53 Å². The molecule has 0 aromatic heterocycles. The minimum atomic E-state index is -4.42. The van der Waals surface area contributed by atoms with Gasteiger partial charge in [-0.25, -0.2) is 0 Å². The third-order valence-electron chi connectivity index (χ3n) is 3.38. The largest absolute Gasteiger partial charge is 0.456 e. The van der Waals surface area contributed by atoms with Crippen LogP contribution in [0.5, 0.6) is 0 Å². The van der Waals surface area contributed by atoms with Crippen LogP contribution in [0.4, 0.5) is 13.2 Å². The van der Waals surface area contributed by atoms with Crippen molar-refractivity contribution in [2.45, 2.75) is 90.1 Å². The van der Waals surface area contributed by atoms with Crippen LogP contribution in [0.1, 0.15) is 84.0 Å². The van der Waals surface area contributed by atoms with Crippen LogP contribution >= 0.6 is 0 Å². The number of esters is 1. The highest BCUT2D eigenvalue weighted by atomic mass is 19.4. The van der Waals surface area contributed by atoms with Crippen molar-refractivity contribution in [1.29, 1.82) is 0 Å². The average molecular weight is 310 g/mol. The first kappa shape index (κ1) is 20.3. The lowest BCUT2D eigenvalue weighted by molar-refractivity contribution is -0.186. The predicted octanol–water partition coefficient (Wildman–Crippen LogP) is 5.79. The van der Waals surface area contributed by atoms with Crippen LogP contribution in [0, 0.1) is 0 Å². The molecule has 0 aliphatic carbocycles. The van der Waals surface area contributed by atoms with E-state index in [0.717, 1.165) is 19.3 Å². The highest BCUT2D eigenvalue weighted by molar-refractivity contribution is 5.69. The summed E-state index contributed by atoms with van der Waals surface area (Å²) in [5, 5.41) is 0. The van der Waals surface area contributed by atoms with E-state index < -0.39 is 18.8 Å². The van der Waals surface area contributed by atoms with Crippen molar-refractivity contribution >= 4 is 5.97 Å². The lowest BCUT2D eigenvalue weighted by Gasteiger charge is -2.07. The maximum Gasteiger partial charge on any atom is 0.422 e. The van der Waals surface area contributed by atoms with Gasteiger partial charge in [-0.1, -0.05) is 71.1 Å². The Morgan fingerprint density at radius 3 is 1.67 bits per heavy atom. The molecule has 0 aliphatic rings. The van der Waals surface area contributed by atoms with Gasteiger partial charge in [-0.15, -0.1) is 0 Å². The maximum absolute atomic E-state index is 11.8. The lowest BCUT2D eigenvalue weighted by atomic mass is 10.1. The van der Waals surface area contributed by atoms with Crippen LogP contribution in [0.15, 0.2) is 0 Å². The molecule has 0 radical (unpaired) electrons. The number of hydrogen-bond acceptors (Lipinski definition) is 2. The number of rotatable bonds is 13. The first-order valence-corrected chi connectivity index (χ1v) is 8.18. The predicted molar refractivity (Wildman–Crippen MR) is 78.1 cm³/mol. The van der Waals surface area contributed by atoms with E-state index in [1.54, 1.807) is 0 Å². The molecule has 0 aromatic carbocycles. The summed E-state index contributed by atoms with van der Waals surface area (Å²) < 4.78 is 39.5. The van der Waals surface area contributed by atoms with E-state index in [-0.39, 0.29) is 6.42 Å². The second-order valence-corrected chi connectivity index (χ2v) is 5.56. The van der Waals surface area contributed by atoms with Gasteiger partial charge in [-0.2, -0.15) is 13.2 Å². The molecule has 0 saturated carbocycles. The number of halogens is 3. The van der Waals surface area contributed by atoms with Gasteiger partial charge in [-0.05, 0) is 6.42 Å². The summed E-state index contributed by atoms with van der Waals surface area (Å²) in [6.45, 7) is 0.739. The number of alkyl halides is 3.